The summed E-state index contributed by atoms with van der Waals surface area (Å²) in [6.45, 7) is -0.0689. The van der Waals surface area contributed by atoms with E-state index in [-0.39, 0.29) is 13.2 Å². The van der Waals surface area contributed by atoms with Crippen LogP contribution in [0.4, 0.5) is 0 Å². The zero-order valence-electron chi connectivity index (χ0n) is 14.3. The molecule has 2 N–H and O–H groups in total. The third-order valence-corrected chi connectivity index (χ3v) is 6.54. The monoisotopic (exact) mass is 376 g/mol. The molecule has 4 aromatic carbocycles. The molecule has 0 radical (unpaired) electrons. The molecule has 0 saturated carbocycles. The van der Waals surface area contributed by atoms with Gasteiger partial charge in [0.25, 0.3) is 0 Å². The summed E-state index contributed by atoms with van der Waals surface area (Å²) >= 11 is 0. The van der Waals surface area contributed by atoms with E-state index in [1.54, 1.807) is 0 Å². The Labute approximate surface area is 158 Å². The van der Waals surface area contributed by atoms with Gasteiger partial charge < -0.3 is 14.9 Å². The first-order chi connectivity index (χ1) is 13.2. The second kappa shape index (κ2) is 6.16. The summed E-state index contributed by atoms with van der Waals surface area (Å²) in [6, 6.07) is 18.8. The Kier molecular flexibility index (Phi) is 3.75. The minimum absolute atomic E-state index is 0.0344. The summed E-state index contributed by atoms with van der Waals surface area (Å²) in [5.74, 6) is 1.19. The van der Waals surface area contributed by atoms with Crippen LogP contribution in [-0.4, -0.2) is 14.4 Å². The van der Waals surface area contributed by atoms with Crippen LogP contribution in [0.25, 0.3) is 21.5 Å². The standard InChI is InChI=1S/C22H16O4S/c23-11-13-1-5-17-15(9-13)3-7-19-21(17)27(25)22-18-6-2-14(12-24)10-16(18)4-8-20(22)26-19/h1-10,23-24H,11-12H2. The molecule has 1 aliphatic rings. The van der Waals surface area contributed by atoms with E-state index in [1.807, 2.05) is 60.7 Å². The van der Waals surface area contributed by atoms with Crippen molar-refractivity contribution in [2.75, 3.05) is 0 Å². The third kappa shape index (κ3) is 2.47. The summed E-state index contributed by atoms with van der Waals surface area (Å²) in [5, 5.41) is 22.3. The fourth-order valence-electron chi connectivity index (χ4n) is 3.62. The van der Waals surface area contributed by atoms with Gasteiger partial charge in [-0.25, -0.2) is 4.21 Å². The van der Waals surface area contributed by atoms with Gasteiger partial charge in [0, 0.05) is 10.8 Å². The lowest BCUT2D eigenvalue weighted by Crippen LogP contribution is -2.07. The van der Waals surface area contributed by atoms with E-state index in [1.165, 1.54) is 0 Å². The van der Waals surface area contributed by atoms with Crippen LogP contribution in [0, 0.1) is 0 Å². The lowest BCUT2D eigenvalue weighted by Gasteiger charge is -2.22. The van der Waals surface area contributed by atoms with Crippen molar-refractivity contribution < 1.29 is 19.2 Å². The first-order valence-corrected chi connectivity index (χ1v) is 9.77. The van der Waals surface area contributed by atoms with Crippen LogP contribution in [0.2, 0.25) is 0 Å². The van der Waals surface area contributed by atoms with Gasteiger partial charge in [-0.3, -0.25) is 0 Å². The number of benzene rings is 4. The molecule has 27 heavy (non-hydrogen) atoms. The Morgan fingerprint density at radius 3 is 1.63 bits per heavy atom. The molecule has 4 nitrogen and oxygen atoms in total. The van der Waals surface area contributed by atoms with E-state index >= 15 is 0 Å². The molecule has 0 aromatic heterocycles. The summed E-state index contributed by atoms with van der Waals surface area (Å²) < 4.78 is 19.7. The normalized spacial score (nSPS) is 13.4. The minimum atomic E-state index is -1.41. The number of fused-ring (bicyclic) bond motifs is 6. The molecule has 0 fully saturated rings. The van der Waals surface area contributed by atoms with Crippen molar-refractivity contribution in [1.82, 2.24) is 0 Å². The van der Waals surface area contributed by atoms with Gasteiger partial charge in [-0.1, -0.05) is 36.4 Å². The zero-order valence-corrected chi connectivity index (χ0v) is 15.1. The van der Waals surface area contributed by atoms with Crippen LogP contribution in [0.3, 0.4) is 0 Å². The Morgan fingerprint density at radius 2 is 1.19 bits per heavy atom. The first-order valence-electron chi connectivity index (χ1n) is 8.62. The second-order valence-electron chi connectivity index (χ2n) is 6.58. The fraction of sp³-hybridized carbons (Fsp3) is 0.0909. The molecule has 5 rings (SSSR count). The topological polar surface area (TPSA) is 66.8 Å². The largest absolute Gasteiger partial charge is 0.455 e. The third-order valence-electron chi connectivity index (χ3n) is 4.95. The number of rotatable bonds is 2. The van der Waals surface area contributed by atoms with Gasteiger partial charge in [-0.05, 0) is 46.2 Å². The predicted octanol–water partition coefficient (Wildman–Crippen LogP) is 4.25. The number of aliphatic hydroxyl groups excluding tert-OH is 2. The number of hydrogen-bond donors (Lipinski definition) is 2. The molecular formula is C22H16O4S. The Balaban J connectivity index is 1.77. The molecular weight excluding hydrogens is 360 g/mol. The van der Waals surface area contributed by atoms with Gasteiger partial charge in [0.05, 0.1) is 33.8 Å². The van der Waals surface area contributed by atoms with E-state index < -0.39 is 10.8 Å². The van der Waals surface area contributed by atoms with Crippen molar-refractivity contribution in [2.45, 2.75) is 23.0 Å². The van der Waals surface area contributed by atoms with Crippen molar-refractivity contribution in [2.24, 2.45) is 0 Å². The Hall–Kier alpha value is -2.73. The molecule has 134 valence electrons. The smallest absolute Gasteiger partial charge is 0.144 e. The van der Waals surface area contributed by atoms with Crippen LogP contribution >= 0.6 is 0 Å². The maximum atomic E-state index is 13.6. The maximum Gasteiger partial charge on any atom is 0.144 e. The average Bonchev–Trinajstić information content (AvgIpc) is 2.72. The van der Waals surface area contributed by atoms with Gasteiger partial charge in [-0.15, -0.1) is 0 Å². The lowest BCUT2D eigenvalue weighted by atomic mass is 10.1. The van der Waals surface area contributed by atoms with Crippen molar-refractivity contribution in [3.8, 4) is 11.5 Å². The lowest BCUT2D eigenvalue weighted by molar-refractivity contribution is 0.282. The van der Waals surface area contributed by atoms with E-state index in [9.17, 15) is 14.4 Å². The fourth-order valence-corrected chi connectivity index (χ4v) is 5.18. The number of aliphatic hydroxyl groups is 2. The van der Waals surface area contributed by atoms with Gasteiger partial charge in [0.15, 0.2) is 0 Å². The molecule has 0 atom stereocenters. The quantitative estimate of drug-likeness (QED) is 0.483. The summed E-state index contributed by atoms with van der Waals surface area (Å²) in [7, 11) is -1.41. The SMILES string of the molecule is O=S1c2c(ccc3cc(CO)ccc23)Oc2ccc3cc(CO)ccc3c21. The summed E-state index contributed by atoms with van der Waals surface area (Å²) in [5.41, 5.74) is 1.62. The highest BCUT2D eigenvalue weighted by Gasteiger charge is 2.28. The maximum absolute atomic E-state index is 13.6. The van der Waals surface area contributed by atoms with E-state index in [0.29, 0.717) is 21.3 Å². The van der Waals surface area contributed by atoms with Crippen LogP contribution in [0.5, 0.6) is 11.5 Å². The highest BCUT2D eigenvalue weighted by atomic mass is 32.2. The van der Waals surface area contributed by atoms with Crippen molar-refractivity contribution >= 4 is 32.3 Å². The number of hydrogen-bond acceptors (Lipinski definition) is 4. The average molecular weight is 376 g/mol. The van der Waals surface area contributed by atoms with Crippen LogP contribution in [-0.2, 0) is 24.0 Å². The van der Waals surface area contributed by atoms with Gasteiger partial charge >= 0.3 is 0 Å². The van der Waals surface area contributed by atoms with Crippen LogP contribution in [0.15, 0.2) is 70.5 Å². The van der Waals surface area contributed by atoms with Gasteiger partial charge in [0.2, 0.25) is 0 Å². The molecule has 0 bridgehead atoms. The van der Waals surface area contributed by atoms with Gasteiger partial charge in [-0.2, -0.15) is 0 Å². The molecule has 1 heterocycles. The van der Waals surface area contributed by atoms with Gasteiger partial charge in [0.1, 0.15) is 11.5 Å². The molecule has 0 amide bonds. The highest BCUT2D eigenvalue weighted by Crippen LogP contribution is 2.46. The Morgan fingerprint density at radius 1 is 0.704 bits per heavy atom. The highest BCUT2D eigenvalue weighted by molar-refractivity contribution is 7.86. The predicted molar refractivity (Wildman–Crippen MR) is 104 cm³/mol. The van der Waals surface area contributed by atoms with E-state index in [2.05, 4.69) is 0 Å². The molecule has 4 aromatic rings. The molecule has 0 aliphatic carbocycles. The van der Waals surface area contributed by atoms with Crippen molar-refractivity contribution in [3.05, 3.63) is 71.8 Å². The molecule has 5 heteroatoms. The van der Waals surface area contributed by atoms with E-state index in [0.717, 1.165) is 32.7 Å². The zero-order chi connectivity index (χ0) is 18.5. The second-order valence-corrected chi connectivity index (χ2v) is 7.94. The minimum Gasteiger partial charge on any atom is -0.455 e. The summed E-state index contributed by atoms with van der Waals surface area (Å²) in [6.07, 6.45) is 0. The molecule has 0 unspecified atom stereocenters. The van der Waals surface area contributed by atoms with Crippen LogP contribution in [0.1, 0.15) is 11.1 Å². The molecule has 1 aliphatic heterocycles. The van der Waals surface area contributed by atoms with Crippen LogP contribution < -0.4 is 4.74 Å². The number of ether oxygens (including phenoxy) is 1. The summed E-state index contributed by atoms with van der Waals surface area (Å²) in [4.78, 5) is 1.31. The first kappa shape index (κ1) is 16.4. The van der Waals surface area contributed by atoms with E-state index in [4.69, 9.17) is 4.74 Å². The Bertz CT molecular complexity index is 1150. The van der Waals surface area contributed by atoms with Crippen molar-refractivity contribution in [3.63, 3.8) is 0 Å². The van der Waals surface area contributed by atoms with Crippen molar-refractivity contribution in [1.29, 1.82) is 0 Å². The molecule has 0 spiro atoms. The molecule has 0 saturated heterocycles.